The topological polar surface area (TPSA) is 85.6 Å². The third-order valence-electron chi connectivity index (χ3n) is 1.80. The number of nitrogens with zero attached hydrogens (tertiary/aromatic N) is 1. The van der Waals surface area contributed by atoms with E-state index in [1.165, 1.54) is 27.0 Å². The van der Waals surface area contributed by atoms with Crippen LogP contribution in [0.2, 0.25) is 0 Å². The van der Waals surface area contributed by atoms with Crippen molar-refractivity contribution in [3.63, 3.8) is 0 Å². The van der Waals surface area contributed by atoms with Gasteiger partial charge in [0.2, 0.25) is 0 Å². The molecule has 0 aliphatic rings. The molecule has 1 rings (SSSR count). The van der Waals surface area contributed by atoms with Gasteiger partial charge in [0.05, 0.1) is 0 Å². The van der Waals surface area contributed by atoms with Gasteiger partial charge in [0, 0.05) is 0 Å². The molecule has 1 aromatic carbocycles. The van der Waals surface area contributed by atoms with Gasteiger partial charge in [0.25, 0.3) is 0 Å². The zero-order valence-electron chi connectivity index (χ0n) is 10.6. The van der Waals surface area contributed by atoms with Crippen molar-refractivity contribution in [2.24, 2.45) is 0 Å². The Morgan fingerprint density at radius 1 is 1.21 bits per heavy atom. The molecule has 0 aliphatic heterocycles. The van der Waals surface area contributed by atoms with E-state index in [2.05, 4.69) is 0 Å². The van der Waals surface area contributed by atoms with Gasteiger partial charge >= 0.3 is 118 Å². The fourth-order valence-corrected chi connectivity index (χ4v) is 4.27. The van der Waals surface area contributed by atoms with E-state index in [1.54, 1.807) is 12.1 Å². The molecule has 0 N–H and O–H groups in total. The predicted molar refractivity (Wildman–Crippen MR) is 74.0 cm³/mol. The minimum absolute atomic E-state index is 0.373. The van der Waals surface area contributed by atoms with Crippen LogP contribution in [0.4, 0.5) is 0 Å². The molecule has 0 radical (unpaired) electrons. The van der Waals surface area contributed by atoms with Crippen molar-refractivity contribution in [3.05, 3.63) is 27.3 Å². The number of rotatable bonds is 4. The van der Waals surface area contributed by atoms with Crippen molar-refractivity contribution < 1.29 is 20.5 Å². The summed E-state index contributed by atoms with van der Waals surface area (Å²) in [5, 5.41) is 8.88. The van der Waals surface area contributed by atoms with Crippen LogP contribution in [-0.2, 0) is 15.7 Å². The molecule has 19 heavy (non-hydrogen) atoms. The second kappa shape index (κ2) is 6.94. The van der Waals surface area contributed by atoms with Crippen LogP contribution in [0, 0.1) is 14.9 Å². The average molecular weight is 377 g/mol. The molecule has 0 bridgehead atoms. The van der Waals surface area contributed by atoms with Crippen molar-refractivity contribution in [1.29, 1.82) is 5.26 Å². The van der Waals surface area contributed by atoms with Crippen LogP contribution in [0.3, 0.4) is 0 Å². The van der Waals surface area contributed by atoms with Crippen molar-refractivity contribution in [2.45, 2.75) is 13.8 Å². The third-order valence-corrected chi connectivity index (χ3v) is 5.64. The number of ether oxygens (including phenoxy) is 1. The summed E-state index contributed by atoms with van der Waals surface area (Å²) < 4.78 is 15.7. The van der Waals surface area contributed by atoms with E-state index in [1.807, 2.05) is 6.07 Å². The second-order valence-corrected chi connectivity index (χ2v) is 6.60. The maximum atomic E-state index is 11.1. The molecule has 102 valence electrons. The summed E-state index contributed by atoms with van der Waals surface area (Å²) in [6.45, 7) is 2.46. The van der Waals surface area contributed by atoms with Crippen LogP contribution < -0.4 is 4.74 Å². The van der Waals surface area contributed by atoms with Crippen LogP contribution >= 0.6 is 20.6 Å². The molecule has 0 amide bonds. The van der Waals surface area contributed by atoms with Gasteiger partial charge in [-0.3, -0.25) is 0 Å². The number of hydrogen-bond acceptors (Lipinski definition) is 6. The third kappa shape index (κ3) is 4.40. The fourth-order valence-electron chi connectivity index (χ4n) is 1.15. The average Bonchev–Trinajstić information content (AvgIpc) is 2.36. The number of nitriles is 1. The molecule has 0 aliphatic carbocycles. The zero-order chi connectivity index (χ0) is 14.4. The van der Waals surface area contributed by atoms with Gasteiger partial charge < -0.3 is 0 Å². The molecule has 7 heteroatoms. The Balaban J connectivity index is 3.22. The fraction of sp³-hybridized carbons (Fsp3) is 0.250. The molecule has 1 aromatic rings. The van der Waals surface area contributed by atoms with E-state index < -0.39 is 32.6 Å². The first-order chi connectivity index (χ1) is 8.97. The first kappa shape index (κ1) is 15.2. The molecule has 0 unspecified atom stereocenters. The van der Waals surface area contributed by atoms with E-state index in [-0.39, 0.29) is 0 Å². The monoisotopic (exact) mass is 377 g/mol. The van der Waals surface area contributed by atoms with E-state index in [9.17, 15) is 9.59 Å². The van der Waals surface area contributed by atoms with Crippen LogP contribution in [0.1, 0.15) is 19.4 Å². The SMILES string of the molecule is COc1ccc(C#N)cc1I(OC(C)=O)OC(C)=O. The number of carbonyl (C=O) groups excluding carboxylic acids is 2. The first-order valence-corrected chi connectivity index (χ1v) is 7.98. The van der Waals surface area contributed by atoms with E-state index in [0.717, 1.165) is 0 Å². The Kier molecular flexibility index (Phi) is 5.57. The van der Waals surface area contributed by atoms with E-state index >= 15 is 0 Å². The Morgan fingerprint density at radius 2 is 1.79 bits per heavy atom. The molecule has 0 saturated heterocycles. The number of methoxy groups -OCH3 is 1. The van der Waals surface area contributed by atoms with Gasteiger partial charge in [-0.2, -0.15) is 0 Å². The Hall–Kier alpha value is -1.82. The normalized spacial score (nSPS) is 10.1. The summed E-state index contributed by atoms with van der Waals surface area (Å²) in [6.07, 6.45) is 0. The van der Waals surface area contributed by atoms with E-state index in [4.69, 9.17) is 16.1 Å². The number of benzene rings is 1. The Bertz CT molecular complexity index is 521. The Morgan fingerprint density at radius 3 is 2.21 bits per heavy atom. The summed E-state index contributed by atoms with van der Waals surface area (Å²) in [4.78, 5) is 22.2. The number of hydrogen-bond donors (Lipinski definition) is 0. The molecule has 0 heterocycles. The molecule has 0 aromatic heterocycles. The van der Waals surface area contributed by atoms with Crippen molar-refractivity contribution >= 4 is 32.6 Å². The van der Waals surface area contributed by atoms with Gasteiger partial charge in [-0.25, -0.2) is 0 Å². The van der Waals surface area contributed by atoms with Crippen LogP contribution in [-0.4, -0.2) is 19.0 Å². The molecule has 0 fully saturated rings. The van der Waals surface area contributed by atoms with Gasteiger partial charge in [-0.15, -0.1) is 0 Å². The minimum atomic E-state index is -2.98. The van der Waals surface area contributed by atoms with Gasteiger partial charge in [0.15, 0.2) is 0 Å². The second-order valence-electron chi connectivity index (χ2n) is 3.32. The quantitative estimate of drug-likeness (QED) is 0.748. The number of halogens is 1. The first-order valence-electron chi connectivity index (χ1n) is 5.14. The van der Waals surface area contributed by atoms with Crippen molar-refractivity contribution in [3.8, 4) is 11.8 Å². The summed E-state index contributed by atoms with van der Waals surface area (Å²) in [5.74, 6) is -0.668. The molecular formula is C12H12INO5. The maximum absolute atomic E-state index is 11.1. The summed E-state index contributed by atoms with van der Waals surface area (Å²) >= 11 is -2.98. The Labute approximate surface area is 118 Å². The molecule has 0 atom stereocenters. The zero-order valence-corrected chi connectivity index (χ0v) is 12.8. The van der Waals surface area contributed by atoms with Crippen LogP contribution in [0.15, 0.2) is 18.2 Å². The van der Waals surface area contributed by atoms with E-state index in [0.29, 0.717) is 14.9 Å². The molecule has 6 nitrogen and oxygen atoms in total. The summed E-state index contributed by atoms with van der Waals surface area (Å²) in [6, 6.07) is 6.62. The number of carbonyl (C=O) groups is 2. The molecular weight excluding hydrogens is 365 g/mol. The predicted octanol–water partition coefficient (Wildman–Crippen LogP) is 2.20. The van der Waals surface area contributed by atoms with Crippen molar-refractivity contribution in [2.75, 3.05) is 7.11 Å². The van der Waals surface area contributed by atoms with Gasteiger partial charge in [0.1, 0.15) is 0 Å². The van der Waals surface area contributed by atoms with Crippen molar-refractivity contribution in [1.82, 2.24) is 0 Å². The summed E-state index contributed by atoms with van der Waals surface area (Å²) in [7, 11) is 1.45. The molecule has 0 saturated carbocycles. The molecule has 0 spiro atoms. The van der Waals surface area contributed by atoms with Gasteiger partial charge in [-0.05, 0) is 0 Å². The summed E-state index contributed by atoms with van der Waals surface area (Å²) in [5.41, 5.74) is 0.373. The van der Waals surface area contributed by atoms with Crippen LogP contribution in [0.5, 0.6) is 5.75 Å². The van der Waals surface area contributed by atoms with Gasteiger partial charge in [-0.1, -0.05) is 0 Å². The standard InChI is InChI=1S/C12H12INO5/c1-8(15)18-13(19-9(2)16)11-6-10(7-14)4-5-12(11)17-3/h4-6H,1-3H3. The van der Waals surface area contributed by atoms with Crippen LogP contribution in [0.25, 0.3) is 0 Å².